The summed E-state index contributed by atoms with van der Waals surface area (Å²) in [6, 6.07) is 9.39. The van der Waals surface area contributed by atoms with E-state index in [0.29, 0.717) is 19.7 Å². The Morgan fingerprint density at radius 3 is 2.74 bits per heavy atom. The number of urea groups is 1. The van der Waals surface area contributed by atoms with Crippen molar-refractivity contribution in [2.45, 2.75) is 6.10 Å². The molecule has 1 heterocycles. The fourth-order valence-corrected chi connectivity index (χ4v) is 3.29. The first-order valence-electron chi connectivity index (χ1n) is 7.40. The van der Waals surface area contributed by atoms with Crippen LogP contribution in [0.15, 0.2) is 36.9 Å². The fourth-order valence-electron chi connectivity index (χ4n) is 2.41. The summed E-state index contributed by atoms with van der Waals surface area (Å²) in [5.74, 6) is -0.0759. The van der Waals surface area contributed by atoms with Gasteiger partial charge in [0.2, 0.25) is 0 Å². The van der Waals surface area contributed by atoms with E-state index in [4.69, 9.17) is 4.74 Å². The van der Waals surface area contributed by atoms with Crippen LogP contribution >= 0.6 is 0 Å². The van der Waals surface area contributed by atoms with E-state index in [1.54, 1.807) is 4.90 Å². The second-order valence-corrected chi connectivity index (χ2v) is 7.84. The molecule has 6 nitrogen and oxygen atoms in total. The summed E-state index contributed by atoms with van der Waals surface area (Å²) < 4.78 is 28.1. The van der Waals surface area contributed by atoms with Gasteiger partial charge in [0.1, 0.15) is 9.84 Å². The predicted molar refractivity (Wildman–Crippen MR) is 89.9 cm³/mol. The second kappa shape index (κ2) is 7.61. The van der Waals surface area contributed by atoms with E-state index < -0.39 is 15.9 Å². The highest BCUT2D eigenvalue weighted by Gasteiger charge is 2.26. The average molecular weight is 338 g/mol. The summed E-state index contributed by atoms with van der Waals surface area (Å²) >= 11 is 0. The van der Waals surface area contributed by atoms with Gasteiger partial charge in [-0.3, -0.25) is 0 Å². The monoisotopic (exact) mass is 338 g/mol. The van der Waals surface area contributed by atoms with Crippen LogP contribution < -0.4 is 5.32 Å². The molecule has 0 saturated carbocycles. The van der Waals surface area contributed by atoms with E-state index in [-0.39, 0.29) is 18.3 Å². The van der Waals surface area contributed by atoms with Crippen molar-refractivity contribution in [2.24, 2.45) is 0 Å². The van der Waals surface area contributed by atoms with Crippen molar-refractivity contribution in [3.05, 3.63) is 42.5 Å². The molecule has 126 valence electrons. The van der Waals surface area contributed by atoms with Gasteiger partial charge < -0.3 is 15.0 Å². The minimum atomic E-state index is -3.13. The normalized spacial score (nSPS) is 18.5. The number of ether oxygens (including phenoxy) is 1. The van der Waals surface area contributed by atoms with E-state index >= 15 is 0 Å². The molecular weight excluding hydrogens is 316 g/mol. The zero-order valence-electron chi connectivity index (χ0n) is 13.2. The number of carbonyl (C=O) groups excluding carboxylic acids is 1. The molecule has 23 heavy (non-hydrogen) atoms. The number of sulfone groups is 1. The number of benzene rings is 1. The number of rotatable bonds is 5. The molecule has 1 N–H and O–H groups in total. The first-order valence-corrected chi connectivity index (χ1v) is 9.46. The van der Waals surface area contributed by atoms with Gasteiger partial charge in [-0.05, 0) is 11.1 Å². The minimum Gasteiger partial charge on any atom is -0.373 e. The first kappa shape index (κ1) is 17.5. The van der Waals surface area contributed by atoms with Crippen LogP contribution in [0.3, 0.4) is 0 Å². The third-order valence-electron chi connectivity index (χ3n) is 3.55. The molecule has 7 heteroatoms. The van der Waals surface area contributed by atoms with Gasteiger partial charge in [-0.1, -0.05) is 36.9 Å². The van der Waals surface area contributed by atoms with Gasteiger partial charge in [0.25, 0.3) is 0 Å². The number of amides is 2. The maximum absolute atomic E-state index is 12.2. The Kier molecular flexibility index (Phi) is 5.79. The Hall–Kier alpha value is -1.86. The van der Waals surface area contributed by atoms with Crippen molar-refractivity contribution in [1.82, 2.24) is 10.2 Å². The molecule has 1 aromatic carbocycles. The van der Waals surface area contributed by atoms with Crippen LogP contribution in [-0.4, -0.2) is 63.7 Å². The summed E-state index contributed by atoms with van der Waals surface area (Å²) in [7, 11) is -3.13. The highest BCUT2D eigenvalue weighted by atomic mass is 32.2. The Balaban J connectivity index is 1.84. The van der Waals surface area contributed by atoms with E-state index in [2.05, 4.69) is 11.9 Å². The first-order chi connectivity index (χ1) is 10.8. The minimum absolute atomic E-state index is 0.0759. The number of carbonyl (C=O) groups is 1. The lowest BCUT2D eigenvalue weighted by molar-refractivity contribution is -0.00149. The van der Waals surface area contributed by atoms with E-state index in [1.165, 1.54) is 6.26 Å². The molecule has 2 rings (SSSR count). The van der Waals surface area contributed by atoms with Crippen LogP contribution in [0.1, 0.15) is 5.56 Å². The van der Waals surface area contributed by atoms with Crippen molar-refractivity contribution < 1.29 is 17.9 Å². The lowest BCUT2D eigenvalue weighted by atomic mass is 10.1. The Bertz CT molecular complexity index is 658. The maximum atomic E-state index is 12.2. The Labute approximate surface area is 137 Å². The summed E-state index contributed by atoms with van der Waals surface area (Å²) in [5.41, 5.74) is 1.80. The quantitative estimate of drug-likeness (QED) is 0.874. The SMILES string of the molecule is C=C(CNC(=O)N1CCOC(CS(C)(=O)=O)C1)c1ccccc1. The molecule has 0 bridgehead atoms. The molecular formula is C16H22N2O4S. The van der Waals surface area contributed by atoms with Gasteiger partial charge in [0.15, 0.2) is 0 Å². The molecule has 0 radical (unpaired) electrons. The van der Waals surface area contributed by atoms with Crippen molar-refractivity contribution >= 4 is 21.4 Å². The number of hydrogen-bond donors (Lipinski definition) is 1. The smallest absolute Gasteiger partial charge is 0.317 e. The zero-order chi connectivity index (χ0) is 16.9. The lowest BCUT2D eigenvalue weighted by Gasteiger charge is -2.32. The van der Waals surface area contributed by atoms with E-state index in [0.717, 1.165) is 11.1 Å². The number of morpholine rings is 1. The summed E-state index contributed by atoms with van der Waals surface area (Å²) in [5, 5.41) is 2.82. The van der Waals surface area contributed by atoms with Gasteiger partial charge >= 0.3 is 6.03 Å². The maximum Gasteiger partial charge on any atom is 0.317 e. The predicted octanol–water partition coefficient (Wildman–Crippen LogP) is 1.15. The van der Waals surface area contributed by atoms with Gasteiger partial charge in [0.05, 0.1) is 18.5 Å². The molecule has 1 fully saturated rings. The van der Waals surface area contributed by atoms with Gasteiger partial charge in [-0.2, -0.15) is 0 Å². The van der Waals surface area contributed by atoms with Crippen LogP contribution in [0.25, 0.3) is 5.57 Å². The highest BCUT2D eigenvalue weighted by molar-refractivity contribution is 7.90. The van der Waals surface area contributed by atoms with Crippen molar-refractivity contribution in [1.29, 1.82) is 0 Å². The van der Waals surface area contributed by atoms with Crippen molar-refractivity contribution in [3.8, 4) is 0 Å². The van der Waals surface area contributed by atoms with Crippen molar-refractivity contribution in [3.63, 3.8) is 0 Å². The van der Waals surface area contributed by atoms with E-state index in [9.17, 15) is 13.2 Å². The third-order valence-corrected chi connectivity index (χ3v) is 4.53. The van der Waals surface area contributed by atoms with Crippen LogP contribution in [0.4, 0.5) is 4.79 Å². The van der Waals surface area contributed by atoms with Crippen molar-refractivity contribution in [2.75, 3.05) is 38.2 Å². The summed E-state index contributed by atoms with van der Waals surface area (Å²) in [4.78, 5) is 13.8. The molecule has 1 unspecified atom stereocenters. The largest absolute Gasteiger partial charge is 0.373 e. The van der Waals surface area contributed by atoms with Crippen LogP contribution in [0.2, 0.25) is 0 Å². The van der Waals surface area contributed by atoms with Gasteiger partial charge in [0, 0.05) is 25.9 Å². The molecule has 0 aliphatic carbocycles. The molecule has 1 atom stereocenters. The Morgan fingerprint density at radius 2 is 2.09 bits per heavy atom. The van der Waals surface area contributed by atoms with Crippen LogP contribution in [-0.2, 0) is 14.6 Å². The third kappa shape index (κ3) is 5.69. The van der Waals surface area contributed by atoms with Crippen LogP contribution in [0.5, 0.6) is 0 Å². The number of nitrogens with one attached hydrogen (secondary N) is 1. The van der Waals surface area contributed by atoms with Gasteiger partial charge in [-0.25, -0.2) is 13.2 Å². The fraction of sp³-hybridized carbons (Fsp3) is 0.438. The Morgan fingerprint density at radius 1 is 1.39 bits per heavy atom. The van der Waals surface area contributed by atoms with Gasteiger partial charge in [-0.15, -0.1) is 0 Å². The highest BCUT2D eigenvalue weighted by Crippen LogP contribution is 2.11. The molecule has 1 aromatic rings. The average Bonchev–Trinajstić information content (AvgIpc) is 2.51. The molecule has 2 amide bonds. The zero-order valence-corrected chi connectivity index (χ0v) is 14.0. The van der Waals surface area contributed by atoms with Crippen LogP contribution in [0, 0.1) is 0 Å². The topological polar surface area (TPSA) is 75.7 Å². The second-order valence-electron chi connectivity index (χ2n) is 5.66. The molecule has 0 spiro atoms. The molecule has 1 aliphatic rings. The molecule has 1 aliphatic heterocycles. The summed E-state index contributed by atoms with van der Waals surface area (Å²) in [6.07, 6.45) is 0.695. The molecule has 1 saturated heterocycles. The number of hydrogen-bond acceptors (Lipinski definition) is 4. The number of nitrogens with zero attached hydrogens (tertiary/aromatic N) is 1. The standard InChI is InChI=1S/C16H22N2O4S/c1-13(14-6-4-3-5-7-14)10-17-16(19)18-8-9-22-15(11-18)12-23(2,20)21/h3-7,15H,1,8-12H2,2H3,(H,17,19). The molecule has 0 aromatic heterocycles. The summed E-state index contributed by atoms with van der Waals surface area (Å²) in [6.45, 7) is 5.38. The lowest BCUT2D eigenvalue weighted by Crippen LogP contribution is -2.51. The van der Waals surface area contributed by atoms with E-state index in [1.807, 2.05) is 30.3 Å².